The van der Waals surface area contributed by atoms with Gasteiger partial charge in [-0.05, 0) is 24.1 Å². The highest BCUT2D eigenvalue weighted by Gasteiger charge is 1.95. The molecule has 15 heavy (non-hydrogen) atoms. The Balaban J connectivity index is 2.60. The molecule has 1 amide bonds. The van der Waals surface area contributed by atoms with E-state index in [4.69, 9.17) is 5.11 Å². The van der Waals surface area contributed by atoms with Gasteiger partial charge in [0.2, 0.25) is 0 Å². The van der Waals surface area contributed by atoms with Crippen LogP contribution in [-0.2, 0) is 0 Å². The number of hydrogen-bond acceptors (Lipinski definition) is 1. The summed E-state index contributed by atoms with van der Waals surface area (Å²) in [6, 6.07) is 7.27. The van der Waals surface area contributed by atoms with Gasteiger partial charge in [0.25, 0.3) is 0 Å². The molecule has 0 bridgehead atoms. The predicted octanol–water partition coefficient (Wildman–Crippen LogP) is 3.59. The van der Waals surface area contributed by atoms with E-state index >= 15 is 0 Å². The van der Waals surface area contributed by atoms with E-state index in [1.807, 2.05) is 18.2 Å². The molecule has 0 aromatic heterocycles. The van der Waals surface area contributed by atoms with Gasteiger partial charge in [-0.2, -0.15) is 0 Å². The van der Waals surface area contributed by atoms with Crippen molar-refractivity contribution in [3.63, 3.8) is 0 Å². The number of unbranched alkanes of at least 4 members (excludes halogenated alkanes) is 1. The maximum absolute atomic E-state index is 10.3. The quantitative estimate of drug-likeness (QED) is 0.789. The summed E-state index contributed by atoms with van der Waals surface area (Å²) in [5.41, 5.74) is 1.68. The topological polar surface area (TPSA) is 49.3 Å². The van der Waals surface area contributed by atoms with Gasteiger partial charge in [0.05, 0.1) is 0 Å². The maximum atomic E-state index is 10.3. The van der Waals surface area contributed by atoms with E-state index in [0.717, 1.165) is 18.4 Å². The van der Waals surface area contributed by atoms with E-state index in [0.29, 0.717) is 5.69 Å². The zero-order chi connectivity index (χ0) is 11.1. The van der Waals surface area contributed by atoms with E-state index < -0.39 is 6.09 Å². The molecule has 0 aliphatic rings. The summed E-state index contributed by atoms with van der Waals surface area (Å²) in [5, 5.41) is 10.8. The number of carboxylic acid groups (broad SMARTS) is 1. The van der Waals surface area contributed by atoms with E-state index in [-0.39, 0.29) is 0 Å². The molecule has 0 fully saturated rings. The molecular formula is C12H15NO2. The fourth-order valence-corrected chi connectivity index (χ4v) is 1.19. The van der Waals surface area contributed by atoms with E-state index in [9.17, 15) is 4.79 Å². The molecule has 1 aromatic carbocycles. The average Bonchev–Trinajstić information content (AvgIpc) is 2.20. The Morgan fingerprint density at radius 2 is 2.07 bits per heavy atom. The summed E-state index contributed by atoms with van der Waals surface area (Å²) in [5.74, 6) is 0. The molecule has 0 aliphatic heterocycles. The van der Waals surface area contributed by atoms with Crippen LogP contribution in [0.5, 0.6) is 0 Å². The number of nitrogens with one attached hydrogen (secondary N) is 1. The summed E-state index contributed by atoms with van der Waals surface area (Å²) in [4.78, 5) is 10.3. The molecule has 0 aliphatic carbocycles. The van der Waals surface area contributed by atoms with Crippen molar-refractivity contribution in [3.05, 3.63) is 35.9 Å². The van der Waals surface area contributed by atoms with Gasteiger partial charge >= 0.3 is 6.09 Å². The van der Waals surface area contributed by atoms with Gasteiger partial charge < -0.3 is 5.11 Å². The first-order chi connectivity index (χ1) is 7.22. The summed E-state index contributed by atoms with van der Waals surface area (Å²) in [7, 11) is 0. The van der Waals surface area contributed by atoms with Gasteiger partial charge in [-0.1, -0.05) is 37.6 Å². The van der Waals surface area contributed by atoms with Crippen molar-refractivity contribution in [1.29, 1.82) is 0 Å². The van der Waals surface area contributed by atoms with Crippen LogP contribution in [0.2, 0.25) is 0 Å². The summed E-state index contributed by atoms with van der Waals surface area (Å²) in [6.07, 6.45) is 5.31. The third kappa shape index (κ3) is 4.31. The molecule has 3 heteroatoms. The van der Waals surface area contributed by atoms with Crippen molar-refractivity contribution < 1.29 is 9.90 Å². The molecule has 0 unspecified atom stereocenters. The Morgan fingerprint density at radius 3 is 2.60 bits per heavy atom. The lowest BCUT2D eigenvalue weighted by Gasteiger charge is -2.00. The molecule has 80 valence electrons. The van der Waals surface area contributed by atoms with Crippen molar-refractivity contribution in [2.75, 3.05) is 5.32 Å². The largest absolute Gasteiger partial charge is 0.465 e. The number of benzene rings is 1. The highest BCUT2D eigenvalue weighted by Crippen LogP contribution is 2.11. The number of hydrogen-bond donors (Lipinski definition) is 2. The summed E-state index contributed by atoms with van der Waals surface area (Å²) in [6.45, 7) is 2.13. The molecule has 3 nitrogen and oxygen atoms in total. The van der Waals surface area contributed by atoms with Gasteiger partial charge in [-0.3, -0.25) is 5.32 Å². The second-order valence-corrected chi connectivity index (χ2v) is 3.24. The Hall–Kier alpha value is -1.77. The highest BCUT2D eigenvalue weighted by molar-refractivity contribution is 5.82. The SMILES string of the molecule is CCCC=Cc1ccc(NC(=O)O)cc1. The Labute approximate surface area is 89.4 Å². The standard InChI is InChI=1S/C12H15NO2/c1-2-3-4-5-10-6-8-11(9-7-10)13-12(14)15/h4-9,13H,2-3H2,1H3,(H,14,15). The summed E-state index contributed by atoms with van der Waals surface area (Å²) < 4.78 is 0. The lowest BCUT2D eigenvalue weighted by Crippen LogP contribution is -2.06. The van der Waals surface area contributed by atoms with Crippen molar-refractivity contribution in [2.45, 2.75) is 19.8 Å². The number of carbonyl (C=O) groups is 1. The molecule has 1 rings (SSSR count). The molecule has 0 saturated carbocycles. The van der Waals surface area contributed by atoms with Crippen LogP contribution < -0.4 is 5.32 Å². The third-order valence-corrected chi connectivity index (χ3v) is 1.93. The zero-order valence-corrected chi connectivity index (χ0v) is 8.73. The second-order valence-electron chi connectivity index (χ2n) is 3.24. The lowest BCUT2D eigenvalue weighted by molar-refractivity contribution is 0.210. The minimum absolute atomic E-state index is 0.593. The van der Waals surface area contributed by atoms with Crippen LogP contribution in [0.3, 0.4) is 0 Å². The minimum Gasteiger partial charge on any atom is -0.465 e. The van der Waals surface area contributed by atoms with Crippen molar-refractivity contribution in [1.82, 2.24) is 0 Å². The van der Waals surface area contributed by atoms with Crippen LogP contribution in [-0.4, -0.2) is 11.2 Å². The van der Waals surface area contributed by atoms with Crippen LogP contribution in [0.1, 0.15) is 25.3 Å². The molecule has 1 aromatic rings. The maximum Gasteiger partial charge on any atom is 0.409 e. The van der Waals surface area contributed by atoms with Gasteiger partial charge in [0.15, 0.2) is 0 Å². The monoisotopic (exact) mass is 205 g/mol. The average molecular weight is 205 g/mol. The second kappa shape index (κ2) is 5.86. The number of allylic oxidation sites excluding steroid dienone is 1. The molecule has 0 saturated heterocycles. The van der Waals surface area contributed by atoms with Gasteiger partial charge in [-0.25, -0.2) is 4.79 Å². The van der Waals surface area contributed by atoms with Gasteiger partial charge in [0.1, 0.15) is 0 Å². The van der Waals surface area contributed by atoms with Crippen LogP contribution in [0.25, 0.3) is 6.08 Å². The Kier molecular flexibility index (Phi) is 4.41. The zero-order valence-electron chi connectivity index (χ0n) is 8.73. The Bertz CT molecular complexity index is 341. The fourth-order valence-electron chi connectivity index (χ4n) is 1.19. The van der Waals surface area contributed by atoms with Gasteiger partial charge in [0, 0.05) is 5.69 Å². The smallest absolute Gasteiger partial charge is 0.409 e. The van der Waals surface area contributed by atoms with Crippen molar-refractivity contribution in [2.24, 2.45) is 0 Å². The van der Waals surface area contributed by atoms with E-state index in [1.54, 1.807) is 12.1 Å². The predicted molar refractivity (Wildman–Crippen MR) is 62.0 cm³/mol. The lowest BCUT2D eigenvalue weighted by atomic mass is 10.2. The molecule has 2 N–H and O–H groups in total. The molecular weight excluding hydrogens is 190 g/mol. The van der Waals surface area contributed by atoms with E-state index in [2.05, 4.69) is 18.3 Å². The van der Waals surface area contributed by atoms with Gasteiger partial charge in [-0.15, -0.1) is 0 Å². The third-order valence-electron chi connectivity index (χ3n) is 1.93. The van der Waals surface area contributed by atoms with Crippen molar-refractivity contribution in [3.8, 4) is 0 Å². The normalized spacial score (nSPS) is 10.5. The van der Waals surface area contributed by atoms with Crippen LogP contribution in [0, 0.1) is 0 Å². The fraction of sp³-hybridized carbons (Fsp3) is 0.250. The molecule has 0 spiro atoms. The summed E-state index contributed by atoms with van der Waals surface area (Å²) >= 11 is 0. The molecule has 0 atom stereocenters. The van der Waals surface area contributed by atoms with Crippen LogP contribution in [0.4, 0.5) is 10.5 Å². The number of amides is 1. The first-order valence-electron chi connectivity index (χ1n) is 4.99. The molecule has 0 radical (unpaired) electrons. The van der Waals surface area contributed by atoms with Crippen LogP contribution in [0.15, 0.2) is 30.3 Å². The Morgan fingerprint density at radius 1 is 1.40 bits per heavy atom. The first-order valence-corrected chi connectivity index (χ1v) is 4.99. The minimum atomic E-state index is -1.04. The van der Waals surface area contributed by atoms with Crippen LogP contribution >= 0.6 is 0 Å². The number of rotatable bonds is 4. The van der Waals surface area contributed by atoms with E-state index in [1.165, 1.54) is 0 Å². The van der Waals surface area contributed by atoms with Crippen molar-refractivity contribution >= 4 is 17.9 Å². The number of anilines is 1. The first kappa shape index (κ1) is 11.3. The molecule has 0 heterocycles. The highest BCUT2D eigenvalue weighted by atomic mass is 16.4.